The third-order valence-corrected chi connectivity index (χ3v) is 3.10. The molecule has 136 valence electrons. The molecule has 3 rings (SSSR count). The Labute approximate surface area is 149 Å². The van der Waals surface area contributed by atoms with Gasteiger partial charge in [0.15, 0.2) is 0 Å². The Morgan fingerprint density at radius 3 is 1.81 bits per heavy atom. The molecule has 8 heteroatoms. The van der Waals surface area contributed by atoms with Crippen LogP contribution in [0.2, 0.25) is 0 Å². The molecule has 0 aliphatic carbocycles. The van der Waals surface area contributed by atoms with Gasteiger partial charge >= 0.3 is 7.82 Å². The minimum atomic E-state index is -4.64. The quantitative estimate of drug-likeness (QED) is 0.442. The minimum Gasteiger partial charge on any atom is -0.508 e. The molecule has 0 aliphatic rings. The van der Waals surface area contributed by atoms with E-state index >= 15 is 0 Å². The van der Waals surface area contributed by atoms with Crippen molar-refractivity contribution < 1.29 is 34.2 Å². The van der Waals surface area contributed by atoms with Crippen LogP contribution in [0.4, 0.5) is 0 Å². The van der Waals surface area contributed by atoms with Crippen LogP contribution in [0.1, 0.15) is 0 Å². The summed E-state index contributed by atoms with van der Waals surface area (Å²) >= 11 is 0. The van der Waals surface area contributed by atoms with Gasteiger partial charge < -0.3 is 29.6 Å². The first-order chi connectivity index (χ1) is 12.2. The maximum absolute atomic E-state index is 10.2. The Bertz CT molecular complexity index is 884. The lowest BCUT2D eigenvalue weighted by Crippen LogP contribution is -1.89. The van der Waals surface area contributed by atoms with Crippen LogP contribution in [-0.2, 0) is 4.57 Å². The van der Waals surface area contributed by atoms with Crippen molar-refractivity contribution >= 4 is 7.82 Å². The summed E-state index contributed by atoms with van der Waals surface area (Å²) in [4.78, 5) is 21.6. The van der Waals surface area contributed by atoms with E-state index in [9.17, 15) is 10.2 Å². The number of para-hydroxylation sites is 1. The second-order valence-corrected chi connectivity index (χ2v) is 6.16. The van der Waals surface area contributed by atoms with Gasteiger partial charge in [-0.05, 0) is 17.7 Å². The molecule has 0 saturated heterocycles. The van der Waals surface area contributed by atoms with E-state index in [1.807, 2.05) is 60.7 Å². The highest BCUT2D eigenvalue weighted by atomic mass is 31.2. The molecule has 3 aromatic rings. The van der Waals surface area contributed by atoms with Crippen LogP contribution in [0.25, 0.3) is 11.1 Å². The summed E-state index contributed by atoms with van der Waals surface area (Å²) < 4.78 is 14.7. The predicted octanol–water partition coefficient (Wildman–Crippen LogP) is 3.63. The molecule has 0 saturated carbocycles. The zero-order chi connectivity index (χ0) is 19.2. The van der Waals surface area contributed by atoms with E-state index in [0.29, 0.717) is 17.1 Å². The Balaban J connectivity index is 0.000000431. The average Bonchev–Trinajstić information content (AvgIpc) is 2.54. The summed E-state index contributed by atoms with van der Waals surface area (Å²) in [6.45, 7) is 0. The van der Waals surface area contributed by atoms with Crippen molar-refractivity contribution in [2.75, 3.05) is 0 Å². The lowest BCUT2D eigenvalue weighted by molar-refractivity contribution is 0.275. The smallest absolute Gasteiger partial charge is 0.466 e. The van der Waals surface area contributed by atoms with Crippen molar-refractivity contribution in [3.63, 3.8) is 0 Å². The standard InChI is InChI=1S/C18H14O3.H3O4P/c19-14-11-16(20)18(13-7-3-1-4-8-13)17(12-14)21-15-9-5-2-6-10-15;1-5(2,3)4/h1-12,19-20H;(H3,1,2,3,4). The van der Waals surface area contributed by atoms with Crippen LogP contribution < -0.4 is 4.74 Å². The van der Waals surface area contributed by atoms with Crippen molar-refractivity contribution in [3.8, 4) is 34.1 Å². The molecule has 0 aliphatic heterocycles. The van der Waals surface area contributed by atoms with Gasteiger partial charge in [0, 0.05) is 12.1 Å². The van der Waals surface area contributed by atoms with Crippen LogP contribution >= 0.6 is 7.82 Å². The van der Waals surface area contributed by atoms with Gasteiger partial charge in [0.2, 0.25) is 0 Å². The number of rotatable bonds is 3. The first kappa shape index (κ1) is 19.5. The van der Waals surface area contributed by atoms with E-state index in [-0.39, 0.29) is 11.5 Å². The van der Waals surface area contributed by atoms with Gasteiger partial charge in [-0.3, -0.25) is 0 Å². The SMILES string of the molecule is O=P(O)(O)O.Oc1cc(O)c(-c2ccccc2)c(Oc2ccccc2)c1. The molecule has 26 heavy (non-hydrogen) atoms. The molecule has 0 radical (unpaired) electrons. The second kappa shape index (κ2) is 8.51. The highest BCUT2D eigenvalue weighted by Gasteiger charge is 2.14. The monoisotopic (exact) mass is 376 g/mol. The first-order valence-electron chi connectivity index (χ1n) is 7.36. The minimum absolute atomic E-state index is 0.0212. The third kappa shape index (κ3) is 6.23. The fourth-order valence-corrected chi connectivity index (χ4v) is 2.18. The van der Waals surface area contributed by atoms with E-state index in [4.69, 9.17) is 24.0 Å². The van der Waals surface area contributed by atoms with E-state index in [0.717, 1.165) is 5.56 Å². The summed E-state index contributed by atoms with van der Waals surface area (Å²) in [6.07, 6.45) is 0. The van der Waals surface area contributed by atoms with Gasteiger partial charge in [-0.1, -0.05) is 48.5 Å². The molecule has 0 amide bonds. The fourth-order valence-electron chi connectivity index (χ4n) is 2.18. The van der Waals surface area contributed by atoms with Crippen molar-refractivity contribution in [1.29, 1.82) is 0 Å². The normalized spacial score (nSPS) is 10.6. The Hall–Kier alpha value is -2.83. The zero-order valence-corrected chi connectivity index (χ0v) is 14.3. The summed E-state index contributed by atoms with van der Waals surface area (Å²) in [7, 11) is -4.64. The molecule has 5 N–H and O–H groups in total. The van der Waals surface area contributed by atoms with Crippen molar-refractivity contribution in [2.45, 2.75) is 0 Å². The first-order valence-corrected chi connectivity index (χ1v) is 8.93. The highest BCUT2D eigenvalue weighted by molar-refractivity contribution is 7.45. The molecule has 0 spiro atoms. The molecule has 0 aromatic heterocycles. The molecule has 7 nitrogen and oxygen atoms in total. The molecule has 0 heterocycles. The van der Waals surface area contributed by atoms with Crippen LogP contribution in [0.3, 0.4) is 0 Å². The topological polar surface area (TPSA) is 127 Å². The highest BCUT2D eigenvalue weighted by Crippen LogP contribution is 2.42. The second-order valence-electron chi connectivity index (χ2n) is 5.13. The number of phenolic OH excluding ortho intramolecular Hbond substituents is 2. The molecule has 0 fully saturated rings. The van der Waals surface area contributed by atoms with E-state index in [1.165, 1.54) is 12.1 Å². The number of hydrogen-bond donors (Lipinski definition) is 5. The lowest BCUT2D eigenvalue weighted by atomic mass is 10.0. The molecule has 0 atom stereocenters. The molecular formula is C18H17O7P. The van der Waals surface area contributed by atoms with Gasteiger partial charge in [0.25, 0.3) is 0 Å². The van der Waals surface area contributed by atoms with Crippen molar-refractivity contribution in [2.24, 2.45) is 0 Å². The molecule has 0 unspecified atom stereocenters. The number of phosphoric acid groups is 1. The zero-order valence-electron chi connectivity index (χ0n) is 13.4. The van der Waals surface area contributed by atoms with Crippen LogP contribution in [0, 0.1) is 0 Å². The molecule has 0 bridgehead atoms. The van der Waals surface area contributed by atoms with Gasteiger partial charge in [-0.25, -0.2) is 4.57 Å². The fraction of sp³-hybridized carbons (Fsp3) is 0. The van der Waals surface area contributed by atoms with Gasteiger partial charge in [-0.15, -0.1) is 0 Å². The summed E-state index contributed by atoms with van der Waals surface area (Å²) in [6, 6.07) is 21.5. The summed E-state index contributed by atoms with van der Waals surface area (Å²) in [5, 5.41) is 19.9. The Morgan fingerprint density at radius 2 is 1.27 bits per heavy atom. The molecule has 3 aromatic carbocycles. The summed E-state index contributed by atoms with van der Waals surface area (Å²) in [5.74, 6) is 0.981. The maximum Gasteiger partial charge on any atom is 0.466 e. The predicted molar refractivity (Wildman–Crippen MR) is 96.0 cm³/mol. The van der Waals surface area contributed by atoms with Gasteiger partial charge in [0.1, 0.15) is 23.0 Å². The van der Waals surface area contributed by atoms with Crippen LogP contribution in [0.5, 0.6) is 23.0 Å². The number of ether oxygens (including phenoxy) is 1. The third-order valence-electron chi connectivity index (χ3n) is 3.10. The van der Waals surface area contributed by atoms with Gasteiger partial charge in [0.05, 0.1) is 5.56 Å². The summed E-state index contributed by atoms with van der Waals surface area (Å²) in [5.41, 5.74) is 1.37. The van der Waals surface area contributed by atoms with E-state index in [2.05, 4.69) is 0 Å². The number of aromatic hydroxyl groups is 2. The number of phenols is 2. The maximum atomic E-state index is 10.2. The lowest BCUT2D eigenvalue weighted by Gasteiger charge is -2.13. The number of hydrogen-bond acceptors (Lipinski definition) is 4. The Morgan fingerprint density at radius 1 is 0.769 bits per heavy atom. The van der Waals surface area contributed by atoms with Crippen molar-refractivity contribution in [1.82, 2.24) is 0 Å². The van der Waals surface area contributed by atoms with E-state index < -0.39 is 7.82 Å². The van der Waals surface area contributed by atoms with Crippen molar-refractivity contribution in [3.05, 3.63) is 72.8 Å². The Kier molecular flexibility index (Phi) is 6.38. The average molecular weight is 376 g/mol. The molecular weight excluding hydrogens is 359 g/mol. The van der Waals surface area contributed by atoms with Crippen LogP contribution in [0.15, 0.2) is 72.8 Å². The number of benzene rings is 3. The van der Waals surface area contributed by atoms with E-state index in [1.54, 1.807) is 0 Å². The van der Waals surface area contributed by atoms with Crippen LogP contribution in [-0.4, -0.2) is 24.9 Å². The largest absolute Gasteiger partial charge is 0.508 e. The van der Waals surface area contributed by atoms with Gasteiger partial charge in [-0.2, -0.15) is 0 Å².